The van der Waals surface area contributed by atoms with Crippen LogP contribution < -0.4 is 10.2 Å². The van der Waals surface area contributed by atoms with Crippen molar-refractivity contribution in [2.24, 2.45) is 5.92 Å². The molecule has 0 spiro atoms. The van der Waals surface area contributed by atoms with Crippen molar-refractivity contribution in [1.29, 1.82) is 0 Å². The van der Waals surface area contributed by atoms with E-state index in [4.69, 9.17) is 4.74 Å². The Balaban J connectivity index is 1.75. The Bertz CT molecular complexity index is 768. The maximum Gasteiger partial charge on any atom is 0.416 e. The number of esters is 1. The molecule has 1 aromatic carbocycles. The summed E-state index contributed by atoms with van der Waals surface area (Å²) in [6.45, 7) is 4.63. The summed E-state index contributed by atoms with van der Waals surface area (Å²) in [7, 11) is 0. The number of benzene rings is 1. The van der Waals surface area contributed by atoms with Gasteiger partial charge >= 0.3 is 12.1 Å². The van der Waals surface area contributed by atoms with Gasteiger partial charge in [0.15, 0.2) is 12.0 Å². The minimum Gasteiger partial charge on any atom is -0.442 e. The lowest BCUT2D eigenvalue weighted by atomic mass is 10.0. The van der Waals surface area contributed by atoms with Crippen LogP contribution in [0.3, 0.4) is 0 Å². The molecule has 2 heterocycles. The highest BCUT2D eigenvalue weighted by Gasteiger charge is 2.53. The number of hydrogen-bond donors (Lipinski definition) is 1. The molecule has 2 aliphatic heterocycles. The molecular formula is C21H27F3N2O3. The SMILES string of the molecule is CCCCCC(C)C(=O)OC12CC(CN1)N(c1cc(C(F)(F)F)ccc1C=O)C2. The molecule has 3 rings (SSSR count). The molecule has 0 amide bonds. The fourth-order valence-corrected chi connectivity index (χ4v) is 4.15. The van der Waals surface area contributed by atoms with Crippen LogP contribution in [-0.4, -0.2) is 37.1 Å². The number of unbranched alkanes of at least 4 members (excludes halogenated alkanes) is 2. The molecule has 2 saturated heterocycles. The molecule has 3 atom stereocenters. The average molecular weight is 412 g/mol. The molecule has 2 bridgehead atoms. The summed E-state index contributed by atoms with van der Waals surface area (Å²) in [5.41, 5.74) is -1.30. The predicted octanol–water partition coefficient (Wildman–Crippen LogP) is 4.16. The summed E-state index contributed by atoms with van der Waals surface area (Å²) in [4.78, 5) is 25.7. The van der Waals surface area contributed by atoms with Gasteiger partial charge in [-0.3, -0.25) is 14.9 Å². The van der Waals surface area contributed by atoms with Gasteiger partial charge in [-0.1, -0.05) is 33.1 Å². The second-order valence-electron chi connectivity index (χ2n) is 8.07. The zero-order chi connectivity index (χ0) is 21.2. The van der Waals surface area contributed by atoms with Crippen molar-refractivity contribution >= 4 is 17.9 Å². The molecule has 0 aromatic heterocycles. The maximum atomic E-state index is 13.2. The van der Waals surface area contributed by atoms with Gasteiger partial charge in [0.05, 0.1) is 18.0 Å². The van der Waals surface area contributed by atoms with Crippen molar-refractivity contribution in [2.75, 3.05) is 18.0 Å². The minimum absolute atomic E-state index is 0.139. The van der Waals surface area contributed by atoms with E-state index in [0.29, 0.717) is 19.3 Å². The van der Waals surface area contributed by atoms with E-state index in [9.17, 15) is 22.8 Å². The molecule has 0 radical (unpaired) electrons. The van der Waals surface area contributed by atoms with Crippen molar-refractivity contribution < 1.29 is 27.5 Å². The number of aldehydes is 1. The number of nitrogens with zero attached hydrogens (tertiary/aromatic N) is 1. The number of hydrogen-bond acceptors (Lipinski definition) is 5. The zero-order valence-electron chi connectivity index (χ0n) is 16.7. The van der Waals surface area contributed by atoms with Crippen molar-refractivity contribution in [3.63, 3.8) is 0 Å². The lowest BCUT2D eigenvalue weighted by molar-refractivity contribution is -0.164. The molecule has 1 N–H and O–H groups in total. The number of nitrogens with one attached hydrogen (secondary N) is 1. The van der Waals surface area contributed by atoms with Crippen LogP contribution in [-0.2, 0) is 15.7 Å². The van der Waals surface area contributed by atoms with E-state index in [-0.39, 0.29) is 35.7 Å². The molecule has 2 aliphatic rings. The van der Waals surface area contributed by atoms with Crippen LogP contribution in [0, 0.1) is 5.92 Å². The Labute approximate surface area is 168 Å². The maximum absolute atomic E-state index is 13.2. The van der Waals surface area contributed by atoms with E-state index < -0.39 is 17.5 Å². The fraction of sp³-hybridized carbons (Fsp3) is 0.619. The fourth-order valence-electron chi connectivity index (χ4n) is 4.15. The van der Waals surface area contributed by atoms with Crippen LogP contribution in [0.1, 0.15) is 61.9 Å². The van der Waals surface area contributed by atoms with E-state index in [1.54, 1.807) is 4.90 Å². The van der Waals surface area contributed by atoms with Crippen molar-refractivity contribution in [3.05, 3.63) is 29.3 Å². The molecule has 29 heavy (non-hydrogen) atoms. The Morgan fingerprint density at radius 3 is 2.83 bits per heavy atom. The van der Waals surface area contributed by atoms with Gasteiger partial charge in [0.1, 0.15) is 0 Å². The van der Waals surface area contributed by atoms with Gasteiger partial charge in [-0.2, -0.15) is 13.2 Å². The Morgan fingerprint density at radius 2 is 2.17 bits per heavy atom. The third-order valence-electron chi connectivity index (χ3n) is 5.82. The molecular weight excluding hydrogens is 385 g/mol. The summed E-state index contributed by atoms with van der Waals surface area (Å²) < 4.78 is 45.3. The first-order valence-electron chi connectivity index (χ1n) is 10.1. The number of carbonyl (C=O) groups is 2. The van der Waals surface area contributed by atoms with Crippen LogP contribution in [0.25, 0.3) is 0 Å². The van der Waals surface area contributed by atoms with Gasteiger partial charge in [0, 0.05) is 30.3 Å². The number of anilines is 1. The van der Waals surface area contributed by atoms with E-state index in [1.807, 2.05) is 6.92 Å². The van der Waals surface area contributed by atoms with Gasteiger partial charge in [-0.05, 0) is 24.6 Å². The van der Waals surface area contributed by atoms with Crippen molar-refractivity contribution in [1.82, 2.24) is 5.32 Å². The van der Waals surface area contributed by atoms with E-state index in [2.05, 4.69) is 12.2 Å². The number of carbonyl (C=O) groups excluding carboxylic acids is 2. The first kappa shape index (κ1) is 21.6. The van der Waals surface area contributed by atoms with E-state index >= 15 is 0 Å². The van der Waals surface area contributed by atoms with E-state index in [0.717, 1.165) is 37.8 Å². The third kappa shape index (κ3) is 4.57. The Hall–Kier alpha value is -2.09. The van der Waals surface area contributed by atoms with Crippen LogP contribution in [0.5, 0.6) is 0 Å². The molecule has 3 unspecified atom stereocenters. The number of alkyl halides is 3. The topological polar surface area (TPSA) is 58.6 Å². The van der Waals surface area contributed by atoms with Crippen LogP contribution in [0.4, 0.5) is 18.9 Å². The summed E-state index contributed by atoms with van der Waals surface area (Å²) in [6, 6.07) is 2.97. The Kier molecular flexibility index (Phi) is 6.22. The molecule has 160 valence electrons. The van der Waals surface area contributed by atoms with Crippen LogP contribution in [0.2, 0.25) is 0 Å². The van der Waals surface area contributed by atoms with Crippen LogP contribution in [0.15, 0.2) is 18.2 Å². The summed E-state index contributed by atoms with van der Waals surface area (Å²) in [5, 5.41) is 3.21. The highest BCUT2D eigenvalue weighted by molar-refractivity contribution is 5.85. The quantitative estimate of drug-likeness (QED) is 0.395. The van der Waals surface area contributed by atoms with Crippen molar-refractivity contribution in [2.45, 2.75) is 63.9 Å². The minimum atomic E-state index is -4.49. The molecule has 0 aliphatic carbocycles. The normalized spacial score (nSPS) is 24.6. The highest BCUT2D eigenvalue weighted by atomic mass is 19.4. The van der Waals surface area contributed by atoms with E-state index in [1.165, 1.54) is 6.07 Å². The molecule has 1 aromatic rings. The average Bonchev–Trinajstić information content (AvgIpc) is 3.24. The summed E-state index contributed by atoms with van der Waals surface area (Å²) in [6.07, 6.45) is 0.373. The third-order valence-corrected chi connectivity index (χ3v) is 5.82. The zero-order valence-corrected chi connectivity index (χ0v) is 16.7. The largest absolute Gasteiger partial charge is 0.442 e. The number of ether oxygens (including phenoxy) is 1. The predicted molar refractivity (Wildman–Crippen MR) is 103 cm³/mol. The van der Waals surface area contributed by atoms with Gasteiger partial charge in [-0.15, -0.1) is 0 Å². The second-order valence-corrected chi connectivity index (χ2v) is 8.07. The van der Waals surface area contributed by atoms with Crippen LogP contribution >= 0.6 is 0 Å². The number of rotatable bonds is 8. The first-order valence-corrected chi connectivity index (χ1v) is 10.1. The molecule has 8 heteroatoms. The smallest absolute Gasteiger partial charge is 0.416 e. The lowest BCUT2D eigenvalue weighted by Crippen LogP contribution is -2.54. The Morgan fingerprint density at radius 1 is 1.41 bits per heavy atom. The molecule has 2 fully saturated rings. The van der Waals surface area contributed by atoms with Gasteiger partial charge in [0.2, 0.25) is 0 Å². The molecule has 0 saturated carbocycles. The first-order chi connectivity index (χ1) is 13.7. The van der Waals surface area contributed by atoms with Gasteiger partial charge in [-0.25, -0.2) is 0 Å². The number of fused-ring (bicyclic) bond motifs is 2. The highest BCUT2D eigenvalue weighted by Crippen LogP contribution is 2.41. The van der Waals surface area contributed by atoms with Gasteiger partial charge < -0.3 is 9.64 Å². The monoisotopic (exact) mass is 412 g/mol. The molecule has 5 nitrogen and oxygen atoms in total. The summed E-state index contributed by atoms with van der Waals surface area (Å²) in [5.74, 6) is -0.527. The summed E-state index contributed by atoms with van der Waals surface area (Å²) >= 11 is 0. The van der Waals surface area contributed by atoms with Gasteiger partial charge in [0.25, 0.3) is 0 Å². The second kappa shape index (κ2) is 8.34. The number of halogens is 3. The lowest BCUT2D eigenvalue weighted by Gasteiger charge is -2.35. The van der Waals surface area contributed by atoms with Crippen molar-refractivity contribution in [3.8, 4) is 0 Å². The number of piperazine rings is 1. The standard InChI is InChI=1S/C21H27F3N2O3/c1-3-4-5-6-14(2)19(28)29-20-10-17(11-25-20)26(13-20)18-9-16(21(22,23)24)8-7-15(18)12-27/h7-9,12,14,17,25H,3-6,10-11,13H2,1-2H3.